The summed E-state index contributed by atoms with van der Waals surface area (Å²) in [6, 6.07) is 28.5. The van der Waals surface area contributed by atoms with Gasteiger partial charge in [-0.2, -0.15) is 0 Å². The van der Waals surface area contributed by atoms with Gasteiger partial charge in [-0.1, -0.05) is 90.0 Å². The Morgan fingerprint density at radius 2 is 1.49 bits per heavy atom. The summed E-state index contributed by atoms with van der Waals surface area (Å²) in [6.07, 6.45) is 0. The Labute approximate surface area is 223 Å². The SMILES string of the molecule is Cc1ccc(S(=O)(=O)N(CC(=O)N[C@@H](c2ccccc2)c2ccccc2C)c2ccc(C)c(Cl)c2)cc1. The molecule has 0 saturated carbocycles. The number of benzene rings is 4. The average molecular weight is 533 g/mol. The summed E-state index contributed by atoms with van der Waals surface area (Å²) in [6.45, 7) is 5.30. The highest BCUT2D eigenvalue weighted by Gasteiger charge is 2.29. The van der Waals surface area contributed by atoms with Gasteiger partial charge in [0.05, 0.1) is 16.6 Å². The number of hydrogen-bond donors (Lipinski definition) is 1. The van der Waals surface area contributed by atoms with Gasteiger partial charge in [-0.3, -0.25) is 9.10 Å². The second-order valence-electron chi connectivity index (χ2n) is 9.03. The van der Waals surface area contributed by atoms with E-state index in [0.29, 0.717) is 10.7 Å². The fraction of sp³-hybridized carbons (Fsp3) is 0.167. The Morgan fingerprint density at radius 3 is 2.14 bits per heavy atom. The highest BCUT2D eigenvalue weighted by Crippen LogP contribution is 2.29. The van der Waals surface area contributed by atoms with Gasteiger partial charge < -0.3 is 5.32 Å². The standard InChI is InChI=1S/C30H29ClN2O3S/c1-21-13-17-26(18-14-21)37(35,36)33(25-16-15-23(3)28(31)19-25)20-29(34)32-30(24-10-5-4-6-11-24)27-12-8-7-9-22(27)2/h4-19,30H,20H2,1-3H3,(H,32,34)/t30-/m0/s1. The van der Waals surface area contributed by atoms with E-state index in [0.717, 1.165) is 32.1 Å². The number of anilines is 1. The van der Waals surface area contributed by atoms with Crippen LogP contribution >= 0.6 is 11.6 Å². The summed E-state index contributed by atoms with van der Waals surface area (Å²) in [5.74, 6) is -0.440. The van der Waals surface area contributed by atoms with E-state index >= 15 is 0 Å². The summed E-state index contributed by atoms with van der Waals surface area (Å²) < 4.78 is 28.6. The molecule has 1 N–H and O–H groups in total. The molecule has 0 aromatic heterocycles. The lowest BCUT2D eigenvalue weighted by molar-refractivity contribution is -0.120. The van der Waals surface area contributed by atoms with E-state index in [4.69, 9.17) is 11.6 Å². The van der Waals surface area contributed by atoms with Crippen molar-refractivity contribution in [1.82, 2.24) is 5.32 Å². The van der Waals surface area contributed by atoms with E-state index in [1.54, 1.807) is 42.5 Å². The van der Waals surface area contributed by atoms with Crippen molar-refractivity contribution < 1.29 is 13.2 Å². The lowest BCUT2D eigenvalue weighted by atomic mass is 9.95. The lowest BCUT2D eigenvalue weighted by Gasteiger charge is -2.27. The first kappa shape index (κ1) is 26.5. The summed E-state index contributed by atoms with van der Waals surface area (Å²) in [5.41, 5.74) is 4.92. The number of nitrogens with zero attached hydrogens (tertiary/aromatic N) is 1. The Balaban J connectivity index is 1.72. The second-order valence-corrected chi connectivity index (χ2v) is 11.3. The maximum absolute atomic E-state index is 13.8. The number of nitrogens with one attached hydrogen (secondary N) is 1. The van der Waals surface area contributed by atoms with Gasteiger partial charge in [-0.05, 0) is 67.3 Å². The number of hydrogen-bond acceptors (Lipinski definition) is 3. The third kappa shape index (κ3) is 6.04. The predicted octanol–water partition coefficient (Wildman–Crippen LogP) is 6.37. The zero-order valence-electron chi connectivity index (χ0n) is 21.0. The van der Waals surface area contributed by atoms with Gasteiger partial charge in [0.1, 0.15) is 6.54 Å². The topological polar surface area (TPSA) is 66.5 Å². The minimum absolute atomic E-state index is 0.0983. The molecule has 0 fully saturated rings. The molecule has 0 aliphatic carbocycles. The summed E-state index contributed by atoms with van der Waals surface area (Å²) >= 11 is 6.35. The van der Waals surface area contributed by atoms with Gasteiger partial charge in [0.25, 0.3) is 10.0 Å². The van der Waals surface area contributed by atoms with E-state index in [1.165, 1.54) is 0 Å². The second kappa shape index (κ2) is 11.2. The highest BCUT2D eigenvalue weighted by atomic mass is 35.5. The van der Waals surface area contributed by atoms with Crippen LogP contribution in [0.25, 0.3) is 0 Å². The number of rotatable bonds is 8. The van der Waals surface area contributed by atoms with Crippen LogP contribution in [0.15, 0.2) is 102 Å². The normalized spacial score (nSPS) is 12.1. The fourth-order valence-corrected chi connectivity index (χ4v) is 5.71. The van der Waals surface area contributed by atoms with Crippen LogP contribution in [0, 0.1) is 20.8 Å². The third-order valence-corrected chi connectivity index (χ3v) is 8.47. The number of halogens is 1. The molecule has 0 heterocycles. The maximum atomic E-state index is 13.8. The van der Waals surface area contributed by atoms with Gasteiger partial charge in [0.2, 0.25) is 5.91 Å². The van der Waals surface area contributed by atoms with Gasteiger partial charge in [-0.25, -0.2) is 8.42 Å². The van der Waals surface area contributed by atoms with Crippen molar-refractivity contribution in [3.05, 3.63) is 130 Å². The zero-order valence-corrected chi connectivity index (χ0v) is 22.6. The number of amides is 1. The molecule has 4 aromatic carbocycles. The molecule has 1 atom stereocenters. The first-order valence-corrected chi connectivity index (χ1v) is 13.7. The Bertz CT molecular complexity index is 1500. The molecule has 37 heavy (non-hydrogen) atoms. The minimum atomic E-state index is -4.05. The van der Waals surface area contributed by atoms with E-state index in [9.17, 15) is 13.2 Å². The van der Waals surface area contributed by atoms with Gasteiger partial charge in [0, 0.05) is 5.02 Å². The largest absolute Gasteiger partial charge is 0.344 e. The van der Waals surface area contributed by atoms with Gasteiger partial charge >= 0.3 is 0 Å². The van der Waals surface area contributed by atoms with Crippen LogP contribution in [0.5, 0.6) is 0 Å². The smallest absolute Gasteiger partial charge is 0.264 e. The highest BCUT2D eigenvalue weighted by molar-refractivity contribution is 7.92. The van der Waals surface area contributed by atoms with Crippen molar-refractivity contribution in [1.29, 1.82) is 0 Å². The molecule has 0 bridgehead atoms. The molecule has 0 saturated heterocycles. The fourth-order valence-electron chi connectivity index (χ4n) is 4.12. The Hall–Kier alpha value is -3.61. The zero-order chi connectivity index (χ0) is 26.6. The first-order chi connectivity index (χ1) is 17.7. The summed E-state index contributed by atoms with van der Waals surface area (Å²) in [5, 5.41) is 3.49. The molecule has 0 unspecified atom stereocenters. The van der Waals surface area contributed by atoms with Crippen molar-refractivity contribution in [3.8, 4) is 0 Å². The van der Waals surface area contributed by atoms with Crippen LogP contribution in [0.4, 0.5) is 5.69 Å². The molecule has 0 radical (unpaired) electrons. The molecule has 0 spiro atoms. The molecule has 1 amide bonds. The van der Waals surface area contributed by atoms with Crippen molar-refractivity contribution in [2.45, 2.75) is 31.7 Å². The Kier molecular flexibility index (Phi) is 8.00. The quantitative estimate of drug-likeness (QED) is 0.287. The van der Waals surface area contributed by atoms with Crippen LogP contribution in [0.2, 0.25) is 5.02 Å². The lowest BCUT2D eigenvalue weighted by Crippen LogP contribution is -2.42. The van der Waals surface area contributed by atoms with Crippen LogP contribution < -0.4 is 9.62 Å². The molecule has 4 rings (SSSR count). The molecule has 4 aromatic rings. The number of carbonyl (C=O) groups excluding carboxylic acids is 1. The number of carbonyl (C=O) groups is 1. The summed E-state index contributed by atoms with van der Waals surface area (Å²) in [7, 11) is -4.05. The van der Waals surface area contributed by atoms with Crippen LogP contribution in [-0.2, 0) is 14.8 Å². The monoisotopic (exact) mass is 532 g/mol. The van der Waals surface area contributed by atoms with Crippen molar-refractivity contribution in [3.63, 3.8) is 0 Å². The van der Waals surface area contributed by atoms with E-state index in [2.05, 4.69) is 5.32 Å². The number of aryl methyl sites for hydroxylation is 3. The van der Waals surface area contributed by atoms with Crippen LogP contribution in [0.1, 0.15) is 33.9 Å². The van der Waals surface area contributed by atoms with E-state index in [-0.39, 0.29) is 4.90 Å². The molecule has 7 heteroatoms. The average Bonchev–Trinajstić information content (AvgIpc) is 2.89. The van der Waals surface area contributed by atoms with E-state index < -0.39 is 28.5 Å². The minimum Gasteiger partial charge on any atom is -0.344 e. The van der Waals surface area contributed by atoms with Crippen LogP contribution in [-0.4, -0.2) is 20.9 Å². The van der Waals surface area contributed by atoms with Gasteiger partial charge in [0.15, 0.2) is 0 Å². The number of sulfonamides is 1. The van der Waals surface area contributed by atoms with Crippen molar-refractivity contribution in [2.24, 2.45) is 0 Å². The van der Waals surface area contributed by atoms with Crippen LogP contribution in [0.3, 0.4) is 0 Å². The van der Waals surface area contributed by atoms with Crippen molar-refractivity contribution in [2.75, 3.05) is 10.8 Å². The predicted molar refractivity (Wildman–Crippen MR) is 150 cm³/mol. The Morgan fingerprint density at radius 1 is 0.838 bits per heavy atom. The molecule has 5 nitrogen and oxygen atoms in total. The summed E-state index contributed by atoms with van der Waals surface area (Å²) in [4.78, 5) is 13.6. The molecular weight excluding hydrogens is 504 g/mol. The molecular formula is C30H29ClN2O3S. The molecule has 190 valence electrons. The third-order valence-electron chi connectivity index (χ3n) is 6.28. The first-order valence-electron chi connectivity index (χ1n) is 11.9. The van der Waals surface area contributed by atoms with Crippen molar-refractivity contribution >= 4 is 33.2 Å². The molecule has 0 aliphatic heterocycles. The molecule has 0 aliphatic rings. The van der Waals surface area contributed by atoms with E-state index in [1.807, 2.05) is 75.4 Å². The maximum Gasteiger partial charge on any atom is 0.264 e. The van der Waals surface area contributed by atoms with Gasteiger partial charge in [-0.15, -0.1) is 0 Å².